The van der Waals surface area contributed by atoms with Crippen molar-refractivity contribution in [3.8, 4) is 0 Å². The number of Topliss-reactive ketones (excluding diaryl/α,β-unsaturated/α-hetero) is 1. The Labute approximate surface area is 227 Å². The monoisotopic (exact) mass is 537 g/mol. The quantitative estimate of drug-likeness (QED) is 0.227. The highest BCUT2D eigenvalue weighted by atomic mass is 16.5. The number of hydrogen-bond donors (Lipinski definition) is 2. The number of ether oxygens (including phenoxy) is 2. The van der Waals surface area contributed by atoms with Crippen molar-refractivity contribution in [2.45, 2.75) is 52.5 Å². The van der Waals surface area contributed by atoms with Crippen molar-refractivity contribution in [1.82, 2.24) is 19.9 Å². The number of rotatable bonds is 14. The third kappa shape index (κ3) is 8.32. The number of fused-ring (bicyclic) bond motifs is 1. The number of nitrogens with two attached hydrogens (primary N) is 2. The summed E-state index contributed by atoms with van der Waals surface area (Å²) in [5.74, 6) is -1.60. The fourth-order valence-electron chi connectivity index (χ4n) is 3.84. The second-order valence-electron chi connectivity index (χ2n) is 9.15. The largest absolute Gasteiger partial charge is 0.466 e. The lowest BCUT2D eigenvalue weighted by atomic mass is 9.94. The first-order chi connectivity index (χ1) is 18.7. The van der Waals surface area contributed by atoms with Crippen LogP contribution in [0.15, 0.2) is 30.5 Å². The molecule has 0 aliphatic rings. The number of hydrogen-bond acceptors (Lipinski definition) is 12. The van der Waals surface area contributed by atoms with E-state index in [1.807, 2.05) is 37.9 Å². The smallest absolute Gasteiger partial charge is 0.309 e. The molecular formula is C27H35N7O5. The Morgan fingerprint density at radius 2 is 1.67 bits per heavy atom. The molecule has 2 aromatic heterocycles. The molecule has 4 N–H and O–H groups in total. The molecule has 0 amide bonds. The van der Waals surface area contributed by atoms with Crippen LogP contribution in [0.4, 0.5) is 17.5 Å². The maximum atomic E-state index is 13.0. The van der Waals surface area contributed by atoms with E-state index in [9.17, 15) is 14.4 Å². The first-order valence-corrected chi connectivity index (χ1v) is 12.9. The van der Waals surface area contributed by atoms with E-state index in [1.54, 1.807) is 18.3 Å². The van der Waals surface area contributed by atoms with Crippen molar-refractivity contribution in [1.29, 1.82) is 0 Å². The van der Waals surface area contributed by atoms with E-state index in [2.05, 4.69) is 19.9 Å². The van der Waals surface area contributed by atoms with Crippen LogP contribution in [0.3, 0.4) is 0 Å². The highest BCUT2D eigenvalue weighted by molar-refractivity contribution is 5.98. The van der Waals surface area contributed by atoms with Crippen LogP contribution in [-0.4, -0.2) is 57.9 Å². The third-order valence-corrected chi connectivity index (χ3v) is 5.91. The Kier molecular flexibility index (Phi) is 10.5. The van der Waals surface area contributed by atoms with Crippen LogP contribution in [0.5, 0.6) is 0 Å². The Morgan fingerprint density at radius 3 is 2.36 bits per heavy atom. The average molecular weight is 538 g/mol. The number of benzene rings is 1. The molecule has 2 heterocycles. The van der Waals surface area contributed by atoms with Crippen molar-refractivity contribution in [3.63, 3.8) is 0 Å². The van der Waals surface area contributed by atoms with Gasteiger partial charge >= 0.3 is 11.9 Å². The minimum Gasteiger partial charge on any atom is -0.466 e. The van der Waals surface area contributed by atoms with E-state index >= 15 is 0 Å². The molecule has 12 nitrogen and oxygen atoms in total. The van der Waals surface area contributed by atoms with Gasteiger partial charge < -0.3 is 25.8 Å². The summed E-state index contributed by atoms with van der Waals surface area (Å²) in [4.78, 5) is 56.2. The molecule has 1 aromatic carbocycles. The Morgan fingerprint density at radius 1 is 0.974 bits per heavy atom. The van der Waals surface area contributed by atoms with E-state index in [0.29, 0.717) is 48.4 Å². The average Bonchev–Trinajstić information content (AvgIpc) is 2.92. The summed E-state index contributed by atoms with van der Waals surface area (Å²) in [6.07, 6.45) is 3.16. The number of esters is 2. The number of carbonyl (C=O) groups excluding carboxylic acids is 3. The van der Waals surface area contributed by atoms with Gasteiger partial charge in [0.2, 0.25) is 5.95 Å². The van der Waals surface area contributed by atoms with Crippen LogP contribution in [-0.2, 0) is 25.6 Å². The lowest BCUT2D eigenvalue weighted by Crippen LogP contribution is -2.23. The Balaban J connectivity index is 1.64. The summed E-state index contributed by atoms with van der Waals surface area (Å²) in [6, 6.07) is 7.04. The number of aromatic nitrogens is 4. The maximum Gasteiger partial charge on any atom is 0.309 e. The second-order valence-corrected chi connectivity index (χ2v) is 9.15. The fourth-order valence-corrected chi connectivity index (χ4v) is 3.84. The third-order valence-electron chi connectivity index (χ3n) is 5.91. The van der Waals surface area contributed by atoms with Gasteiger partial charge in [-0.1, -0.05) is 13.8 Å². The summed E-state index contributed by atoms with van der Waals surface area (Å²) >= 11 is 0. The molecule has 1 unspecified atom stereocenters. The molecule has 3 aromatic rings. The van der Waals surface area contributed by atoms with E-state index in [1.165, 1.54) is 0 Å². The van der Waals surface area contributed by atoms with Gasteiger partial charge in [0.05, 0.1) is 37.6 Å². The molecule has 39 heavy (non-hydrogen) atoms. The van der Waals surface area contributed by atoms with Crippen LogP contribution in [0.2, 0.25) is 0 Å². The fraction of sp³-hybridized carbons (Fsp3) is 0.444. The zero-order valence-corrected chi connectivity index (χ0v) is 22.6. The molecule has 1 atom stereocenters. The summed E-state index contributed by atoms with van der Waals surface area (Å²) < 4.78 is 10.4. The molecular weight excluding hydrogens is 502 g/mol. The van der Waals surface area contributed by atoms with Gasteiger partial charge in [-0.25, -0.2) is 9.97 Å². The summed E-state index contributed by atoms with van der Waals surface area (Å²) in [5, 5.41) is 0. The summed E-state index contributed by atoms with van der Waals surface area (Å²) in [6.45, 7) is 4.80. The van der Waals surface area contributed by atoms with Gasteiger partial charge in [-0.15, -0.1) is 0 Å². The number of anilines is 3. The molecule has 208 valence electrons. The minimum atomic E-state index is -0.723. The SMILES string of the molecule is CCCOC(=O)CCC(CC(=O)c1ccc(N(C)Cc2cnc3nc(N)nc(N)c3n2)cc1)C(=O)OCCC. The Hall–Kier alpha value is -4.35. The zero-order valence-electron chi connectivity index (χ0n) is 22.6. The summed E-state index contributed by atoms with van der Waals surface area (Å²) in [7, 11) is 1.88. The standard InChI is InChI=1S/C27H35N7O5/c1-4-12-38-22(36)11-8-18(26(37)39-13-5-2)14-21(35)17-6-9-20(10-7-17)34(3)16-19-15-30-25-23(31-19)24(28)32-27(29)33-25/h6-7,9-10,15,18H,4-5,8,11-14,16H2,1-3H3,(H4,28,29,30,32,33). The van der Waals surface area contributed by atoms with Gasteiger partial charge in [-0.2, -0.15) is 9.97 Å². The number of nitrogen functional groups attached to an aromatic ring is 2. The molecule has 0 fully saturated rings. The van der Waals surface area contributed by atoms with Crippen LogP contribution in [0, 0.1) is 5.92 Å². The molecule has 0 saturated heterocycles. The van der Waals surface area contributed by atoms with Gasteiger partial charge in [0, 0.05) is 31.1 Å². The van der Waals surface area contributed by atoms with Crippen LogP contribution >= 0.6 is 0 Å². The number of carbonyl (C=O) groups is 3. The van der Waals surface area contributed by atoms with E-state index in [4.69, 9.17) is 20.9 Å². The van der Waals surface area contributed by atoms with Crippen molar-refractivity contribution >= 4 is 46.3 Å². The van der Waals surface area contributed by atoms with Crippen molar-refractivity contribution in [2.75, 3.05) is 36.6 Å². The molecule has 0 spiro atoms. The Bertz CT molecular complexity index is 1300. The van der Waals surface area contributed by atoms with Gasteiger partial charge in [0.25, 0.3) is 0 Å². The van der Waals surface area contributed by atoms with E-state index in [-0.39, 0.29) is 49.4 Å². The lowest BCUT2D eigenvalue weighted by molar-refractivity contribution is -0.149. The molecule has 0 saturated carbocycles. The number of ketones is 1. The first-order valence-electron chi connectivity index (χ1n) is 12.9. The number of nitrogens with zero attached hydrogens (tertiary/aromatic N) is 5. The van der Waals surface area contributed by atoms with Crippen LogP contribution < -0.4 is 16.4 Å². The second kappa shape index (κ2) is 14.0. The molecule has 0 radical (unpaired) electrons. The van der Waals surface area contributed by atoms with E-state index in [0.717, 1.165) is 5.69 Å². The van der Waals surface area contributed by atoms with E-state index < -0.39 is 11.9 Å². The zero-order chi connectivity index (χ0) is 28.4. The van der Waals surface area contributed by atoms with Crippen molar-refractivity contribution in [3.05, 3.63) is 41.7 Å². The lowest BCUT2D eigenvalue weighted by Gasteiger charge is -2.19. The topological polar surface area (TPSA) is 177 Å². The maximum absolute atomic E-state index is 13.0. The predicted octanol–water partition coefficient (Wildman–Crippen LogP) is 3.10. The van der Waals surface area contributed by atoms with Crippen LogP contribution in [0.25, 0.3) is 11.2 Å². The van der Waals surface area contributed by atoms with Gasteiger partial charge in [-0.05, 0) is 43.5 Å². The molecule has 12 heteroatoms. The first kappa shape index (κ1) is 29.2. The van der Waals surface area contributed by atoms with Gasteiger partial charge in [0.15, 0.2) is 22.8 Å². The normalized spacial score (nSPS) is 11.7. The molecule has 0 bridgehead atoms. The van der Waals surface area contributed by atoms with Crippen molar-refractivity contribution < 1.29 is 23.9 Å². The molecule has 0 aliphatic carbocycles. The van der Waals surface area contributed by atoms with Gasteiger partial charge in [-0.3, -0.25) is 14.4 Å². The molecule has 0 aliphatic heterocycles. The summed E-state index contributed by atoms with van der Waals surface area (Å²) in [5.41, 5.74) is 14.2. The highest BCUT2D eigenvalue weighted by Crippen LogP contribution is 2.22. The minimum absolute atomic E-state index is 0.0347. The predicted molar refractivity (Wildman–Crippen MR) is 147 cm³/mol. The van der Waals surface area contributed by atoms with Crippen LogP contribution in [0.1, 0.15) is 62.0 Å². The van der Waals surface area contributed by atoms with Crippen molar-refractivity contribution in [2.24, 2.45) is 5.92 Å². The van der Waals surface area contributed by atoms with Gasteiger partial charge in [0.1, 0.15) is 0 Å². The molecule has 3 rings (SSSR count). The highest BCUT2D eigenvalue weighted by Gasteiger charge is 2.25.